The van der Waals surface area contributed by atoms with E-state index in [1.54, 1.807) is 0 Å². The van der Waals surface area contributed by atoms with Crippen LogP contribution in [0.3, 0.4) is 0 Å². The molecule has 1 aromatic carbocycles. The van der Waals surface area contributed by atoms with Crippen LogP contribution in [0.2, 0.25) is 0 Å². The van der Waals surface area contributed by atoms with Crippen LogP contribution in [0.1, 0.15) is 11.1 Å². The van der Waals surface area contributed by atoms with Crippen molar-refractivity contribution in [2.45, 2.75) is 25.5 Å². The average Bonchev–Trinajstić information content (AvgIpc) is 3.03. The zero-order valence-electron chi connectivity index (χ0n) is 12.4. The Morgan fingerprint density at radius 1 is 1.43 bits per heavy atom. The van der Waals surface area contributed by atoms with E-state index in [0.717, 1.165) is 12.2 Å². The Kier molecular flexibility index (Phi) is 3.87. The van der Waals surface area contributed by atoms with Crippen LogP contribution in [0.25, 0.3) is 0 Å². The summed E-state index contributed by atoms with van der Waals surface area (Å²) < 4.78 is 11.3. The number of ether oxygens (including phenoxy) is 2. The highest BCUT2D eigenvalue weighted by molar-refractivity contribution is 5.71. The van der Waals surface area contributed by atoms with Crippen LogP contribution in [0, 0.1) is 12.8 Å². The summed E-state index contributed by atoms with van der Waals surface area (Å²) in [4.78, 5) is 13.3. The van der Waals surface area contributed by atoms with Crippen molar-refractivity contribution in [3.8, 4) is 5.75 Å². The van der Waals surface area contributed by atoms with E-state index in [0.29, 0.717) is 19.8 Å². The number of hydrogen-bond donors (Lipinski definition) is 1. The lowest BCUT2D eigenvalue weighted by Gasteiger charge is -2.28. The van der Waals surface area contributed by atoms with E-state index in [9.17, 15) is 9.90 Å². The summed E-state index contributed by atoms with van der Waals surface area (Å²) in [5.41, 5.74) is 2.48. The molecule has 114 valence electrons. The first-order valence-electron chi connectivity index (χ1n) is 7.31. The molecule has 3 atom stereocenters. The summed E-state index contributed by atoms with van der Waals surface area (Å²) in [5.74, 6) is -0.270. The van der Waals surface area contributed by atoms with Gasteiger partial charge in [-0.1, -0.05) is 17.7 Å². The number of aliphatic carboxylic acids is 1. The van der Waals surface area contributed by atoms with Crippen molar-refractivity contribution < 1.29 is 19.4 Å². The van der Waals surface area contributed by atoms with Gasteiger partial charge in [0.1, 0.15) is 11.9 Å². The molecule has 1 saturated heterocycles. The lowest BCUT2D eigenvalue weighted by molar-refractivity contribution is -0.143. The SMILES string of the molecule is Cc1ccc2c(c1)CC(CN(C)C1COCC1C(=O)O)O2. The molecule has 0 amide bonds. The maximum Gasteiger partial charge on any atom is 0.310 e. The van der Waals surface area contributed by atoms with Crippen molar-refractivity contribution in [1.29, 1.82) is 0 Å². The average molecular weight is 291 g/mol. The van der Waals surface area contributed by atoms with Gasteiger partial charge in [-0.3, -0.25) is 9.69 Å². The van der Waals surface area contributed by atoms with Crippen LogP contribution in [0.5, 0.6) is 5.75 Å². The predicted octanol–water partition coefficient (Wildman–Crippen LogP) is 1.33. The summed E-state index contributed by atoms with van der Waals surface area (Å²) in [6, 6.07) is 6.16. The topological polar surface area (TPSA) is 59.0 Å². The van der Waals surface area contributed by atoms with E-state index in [-0.39, 0.29) is 12.1 Å². The molecule has 3 unspecified atom stereocenters. The molecule has 2 aliphatic heterocycles. The summed E-state index contributed by atoms with van der Waals surface area (Å²) in [7, 11) is 1.95. The molecule has 2 aliphatic rings. The molecule has 2 heterocycles. The van der Waals surface area contributed by atoms with Gasteiger partial charge >= 0.3 is 5.97 Å². The number of rotatable bonds is 4. The normalized spacial score (nSPS) is 27.7. The Morgan fingerprint density at radius 2 is 2.24 bits per heavy atom. The molecule has 0 spiro atoms. The molecule has 5 heteroatoms. The van der Waals surface area contributed by atoms with Gasteiger partial charge in [0, 0.05) is 19.0 Å². The molecule has 1 N–H and O–H groups in total. The number of carboxylic acid groups (broad SMARTS) is 1. The highest BCUT2D eigenvalue weighted by atomic mass is 16.5. The van der Waals surface area contributed by atoms with Gasteiger partial charge in [-0.15, -0.1) is 0 Å². The molecule has 21 heavy (non-hydrogen) atoms. The number of benzene rings is 1. The van der Waals surface area contributed by atoms with Gasteiger partial charge in [-0.25, -0.2) is 0 Å². The zero-order chi connectivity index (χ0) is 15.0. The Balaban J connectivity index is 1.62. The minimum absolute atomic E-state index is 0.0726. The minimum atomic E-state index is -0.782. The molecule has 0 bridgehead atoms. The Morgan fingerprint density at radius 3 is 3.00 bits per heavy atom. The Bertz CT molecular complexity index is 545. The van der Waals surface area contributed by atoms with E-state index in [4.69, 9.17) is 9.47 Å². The molecule has 0 aliphatic carbocycles. The van der Waals surface area contributed by atoms with E-state index in [1.807, 2.05) is 13.1 Å². The monoisotopic (exact) mass is 291 g/mol. The lowest BCUT2D eigenvalue weighted by atomic mass is 10.0. The van der Waals surface area contributed by atoms with Crippen molar-refractivity contribution in [1.82, 2.24) is 4.90 Å². The number of fused-ring (bicyclic) bond motifs is 1. The van der Waals surface area contributed by atoms with Gasteiger partial charge < -0.3 is 14.6 Å². The first-order valence-corrected chi connectivity index (χ1v) is 7.31. The molecule has 0 saturated carbocycles. The number of aryl methyl sites for hydroxylation is 1. The van der Waals surface area contributed by atoms with Crippen molar-refractivity contribution in [3.63, 3.8) is 0 Å². The fourth-order valence-corrected chi connectivity index (χ4v) is 3.22. The quantitative estimate of drug-likeness (QED) is 0.907. The largest absolute Gasteiger partial charge is 0.488 e. The molecule has 1 aromatic rings. The predicted molar refractivity (Wildman–Crippen MR) is 77.7 cm³/mol. The second-order valence-corrected chi connectivity index (χ2v) is 6.04. The second kappa shape index (κ2) is 5.66. The van der Waals surface area contributed by atoms with Crippen molar-refractivity contribution in [2.24, 2.45) is 5.92 Å². The molecule has 3 rings (SSSR count). The fourth-order valence-electron chi connectivity index (χ4n) is 3.22. The minimum Gasteiger partial charge on any atom is -0.488 e. The first kappa shape index (κ1) is 14.4. The number of hydrogen-bond acceptors (Lipinski definition) is 4. The maximum absolute atomic E-state index is 11.2. The first-order chi connectivity index (χ1) is 10.0. The zero-order valence-corrected chi connectivity index (χ0v) is 12.4. The fraction of sp³-hybridized carbons (Fsp3) is 0.562. The van der Waals surface area contributed by atoms with Gasteiger partial charge in [-0.2, -0.15) is 0 Å². The van der Waals surface area contributed by atoms with Gasteiger partial charge in [0.2, 0.25) is 0 Å². The molecular formula is C16H21NO4. The highest BCUT2D eigenvalue weighted by Crippen LogP contribution is 2.30. The van der Waals surface area contributed by atoms with Gasteiger partial charge in [0.15, 0.2) is 0 Å². The summed E-state index contributed by atoms with van der Waals surface area (Å²) >= 11 is 0. The lowest BCUT2D eigenvalue weighted by Crippen LogP contribution is -2.45. The van der Waals surface area contributed by atoms with Crippen LogP contribution in [-0.4, -0.2) is 54.9 Å². The molecule has 5 nitrogen and oxygen atoms in total. The summed E-state index contributed by atoms with van der Waals surface area (Å²) in [6.45, 7) is 3.57. The number of carbonyl (C=O) groups is 1. The standard InChI is InChI=1S/C16H21NO4/c1-10-3-4-15-11(5-10)6-12(21-15)7-17(2)14-9-20-8-13(14)16(18)19/h3-5,12-14H,6-9H2,1-2H3,(H,18,19). The molecule has 0 aromatic heterocycles. The van der Waals surface area contributed by atoms with E-state index >= 15 is 0 Å². The van der Waals surface area contributed by atoms with Gasteiger partial charge in [-0.05, 0) is 25.6 Å². The third-order valence-electron chi connectivity index (χ3n) is 4.38. The number of carboxylic acids is 1. The highest BCUT2D eigenvalue weighted by Gasteiger charge is 2.38. The van der Waals surface area contributed by atoms with Crippen molar-refractivity contribution in [2.75, 3.05) is 26.8 Å². The van der Waals surface area contributed by atoms with Crippen LogP contribution in [0.4, 0.5) is 0 Å². The second-order valence-electron chi connectivity index (χ2n) is 6.04. The smallest absolute Gasteiger partial charge is 0.310 e. The Hall–Kier alpha value is -1.59. The van der Waals surface area contributed by atoms with E-state index < -0.39 is 11.9 Å². The van der Waals surface area contributed by atoms with Crippen LogP contribution in [0.15, 0.2) is 18.2 Å². The Labute approximate surface area is 124 Å². The van der Waals surface area contributed by atoms with Crippen LogP contribution >= 0.6 is 0 Å². The van der Waals surface area contributed by atoms with Gasteiger partial charge in [0.05, 0.1) is 19.1 Å². The van der Waals surface area contributed by atoms with Crippen molar-refractivity contribution >= 4 is 5.97 Å². The molecular weight excluding hydrogens is 270 g/mol. The van der Waals surface area contributed by atoms with Crippen molar-refractivity contribution in [3.05, 3.63) is 29.3 Å². The number of likely N-dealkylation sites (N-methyl/N-ethyl adjacent to an activating group) is 1. The van der Waals surface area contributed by atoms with Crippen LogP contribution in [-0.2, 0) is 16.0 Å². The maximum atomic E-state index is 11.2. The van der Waals surface area contributed by atoms with Crippen LogP contribution < -0.4 is 4.74 Å². The van der Waals surface area contributed by atoms with E-state index in [1.165, 1.54) is 11.1 Å². The van der Waals surface area contributed by atoms with E-state index in [2.05, 4.69) is 24.0 Å². The summed E-state index contributed by atoms with van der Waals surface area (Å²) in [6.07, 6.45) is 0.967. The third kappa shape index (κ3) is 2.89. The number of nitrogens with zero attached hydrogens (tertiary/aromatic N) is 1. The third-order valence-corrected chi connectivity index (χ3v) is 4.38. The summed E-state index contributed by atoms with van der Waals surface area (Å²) in [5, 5.41) is 9.23. The molecule has 1 fully saturated rings. The molecule has 0 radical (unpaired) electrons. The van der Waals surface area contributed by atoms with Gasteiger partial charge in [0.25, 0.3) is 0 Å².